The Labute approximate surface area is 111 Å². The van der Waals surface area contributed by atoms with Crippen molar-refractivity contribution < 1.29 is 4.74 Å². The number of ether oxygens (including phenoxy) is 1. The molecular weight excluding hydrogens is 246 g/mol. The van der Waals surface area contributed by atoms with E-state index in [1.807, 2.05) is 6.92 Å². The van der Waals surface area contributed by atoms with Crippen molar-refractivity contribution >= 4 is 5.95 Å². The topological polar surface area (TPSA) is 90.6 Å². The fourth-order valence-corrected chi connectivity index (χ4v) is 1.57. The van der Waals surface area contributed by atoms with Crippen LogP contribution in [0.5, 0.6) is 6.01 Å². The lowest BCUT2D eigenvalue weighted by Crippen LogP contribution is -2.15. The predicted octanol–water partition coefficient (Wildman–Crippen LogP) is 1.06. The summed E-state index contributed by atoms with van der Waals surface area (Å²) in [6.07, 6.45) is 4.98. The Morgan fingerprint density at radius 1 is 1.37 bits per heavy atom. The van der Waals surface area contributed by atoms with Crippen LogP contribution in [0.3, 0.4) is 0 Å². The summed E-state index contributed by atoms with van der Waals surface area (Å²) in [5.41, 5.74) is 0. The summed E-state index contributed by atoms with van der Waals surface area (Å²) in [6, 6.07) is 0.283. The van der Waals surface area contributed by atoms with E-state index in [4.69, 9.17) is 4.74 Å². The maximum absolute atomic E-state index is 5.67. The lowest BCUT2D eigenvalue weighted by Gasteiger charge is -2.12. The number of nitrogens with zero attached hydrogens (tertiary/aromatic N) is 6. The van der Waals surface area contributed by atoms with Crippen molar-refractivity contribution in [2.45, 2.75) is 32.8 Å². The quantitative estimate of drug-likeness (QED) is 0.833. The normalized spacial score (nSPS) is 12.2. The molecule has 0 spiro atoms. The van der Waals surface area contributed by atoms with Gasteiger partial charge in [-0.2, -0.15) is 24.7 Å². The second kappa shape index (κ2) is 6.07. The van der Waals surface area contributed by atoms with E-state index in [-0.39, 0.29) is 12.1 Å². The molecule has 0 amide bonds. The SMILES string of the molecule is CCCC(C)Oc1nc(NC)nc(-n2cncn2)n1. The lowest BCUT2D eigenvalue weighted by atomic mass is 10.2. The van der Waals surface area contributed by atoms with Gasteiger partial charge in [0, 0.05) is 7.05 Å². The summed E-state index contributed by atoms with van der Waals surface area (Å²) in [4.78, 5) is 16.4. The van der Waals surface area contributed by atoms with Crippen molar-refractivity contribution in [3.63, 3.8) is 0 Å². The summed E-state index contributed by atoms with van der Waals surface area (Å²) in [5, 5.41) is 6.86. The minimum atomic E-state index is 0.0562. The van der Waals surface area contributed by atoms with Gasteiger partial charge in [-0.15, -0.1) is 0 Å². The van der Waals surface area contributed by atoms with Crippen LogP contribution >= 0.6 is 0 Å². The van der Waals surface area contributed by atoms with Crippen molar-refractivity contribution in [3.05, 3.63) is 12.7 Å². The summed E-state index contributed by atoms with van der Waals surface area (Å²) in [7, 11) is 1.74. The Morgan fingerprint density at radius 3 is 2.84 bits per heavy atom. The Hall–Kier alpha value is -2.25. The Balaban J connectivity index is 2.26. The van der Waals surface area contributed by atoms with Gasteiger partial charge >= 0.3 is 6.01 Å². The molecule has 0 aromatic carbocycles. The maximum Gasteiger partial charge on any atom is 0.323 e. The summed E-state index contributed by atoms with van der Waals surface area (Å²) in [6.45, 7) is 4.09. The third kappa shape index (κ3) is 3.36. The van der Waals surface area contributed by atoms with Gasteiger partial charge in [-0.05, 0) is 13.3 Å². The molecule has 19 heavy (non-hydrogen) atoms. The first kappa shape index (κ1) is 13.2. The zero-order chi connectivity index (χ0) is 13.7. The molecule has 0 fully saturated rings. The largest absolute Gasteiger partial charge is 0.460 e. The van der Waals surface area contributed by atoms with Crippen LogP contribution < -0.4 is 10.1 Å². The minimum absolute atomic E-state index is 0.0562. The van der Waals surface area contributed by atoms with Gasteiger partial charge < -0.3 is 10.1 Å². The number of nitrogens with one attached hydrogen (secondary N) is 1. The molecule has 1 N–H and O–H groups in total. The first-order valence-corrected chi connectivity index (χ1v) is 6.18. The molecule has 2 heterocycles. The van der Waals surface area contributed by atoms with Crippen molar-refractivity contribution in [2.24, 2.45) is 0 Å². The van der Waals surface area contributed by atoms with Gasteiger partial charge in [0.1, 0.15) is 12.7 Å². The molecule has 0 aliphatic rings. The molecular formula is C11H17N7O. The fraction of sp³-hybridized carbons (Fsp3) is 0.545. The highest BCUT2D eigenvalue weighted by molar-refractivity contribution is 5.28. The molecule has 0 radical (unpaired) electrons. The molecule has 2 aromatic heterocycles. The standard InChI is InChI=1S/C11H17N7O/c1-4-5-8(2)19-11-16-9(12-3)15-10(17-11)18-7-13-6-14-18/h6-8H,4-5H2,1-3H3,(H,12,15,16,17). The molecule has 2 aromatic rings. The van der Waals surface area contributed by atoms with Crippen molar-refractivity contribution in [1.82, 2.24) is 29.7 Å². The summed E-state index contributed by atoms with van der Waals surface area (Å²) in [5.74, 6) is 0.801. The van der Waals surface area contributed by atoms with Gasteiger partial charge in [0.2, 0.25) is 5.95 Å². The maximum atomic E-state index is 5.67. The average molecular weight is 263 g/mol. The van der Waals surface area contributed by atoms with Crippen LogP contribution in [0.2, 0.25) is 0 Å². The molecule has 0 aliphatic carbocycles. The van der Waals surface area contributed by atoms with Crippen molar-refractivity contribution in [1.29, 1.82) is 0 Å². The predicted molar refractivity (Wildman–Crippen MR) is 69.3 cm³/mol. The number of aromatic nitrogens is 6. The Kier molecular flexibility index (Phi) is 4.22. The molecule has 2 rings (SSSR count). The third-order valence-electron chi connectivity index (χ3n) is 2.45. The molecule has 8 nitrogen and oxygen atoms in total. The molecule has 0 bridgehead atoms. The smallest absolute Gasteiger partial charge is 0.323 e. The van der Waals surface area contributed by atoms with Crippen LogP contribution in [0.15, 0.2) is 12.7 Å². The second-order valence-corrected chi connectivity index (χ2v) is 4.05. The molecule has 102 valence electrons. The van der Waals surface area contributed by atoms with Gasteiger partial charge in [-0.25, -0.2) is 4.98 Å². The lowest BCUT2D eigenvalue weighted by molar-refractivity contribution is 0.192. The zero-order valence-electron chi connectivity index (χ0n) is 11.2. The highest BCUT2D eigenvalue weighted by atomic mass is 16.5. The molecule has 1 unspecified atom stereocenters. The highest BCUT2D eigenvalue weighted by Crippen LogP contribution is 2.12. The number of hydrogen-bond donors (Lipinski definition) is 1. The highest BCUT2D eigenvalue weighted by Gasteiger charge is 2.11. The first-order valence-electron chi connectivity index (χ1n) is 6.18. The van der Waals surface area contributed by atoms with Crippen LogP contribution in [0.4, 0.5) is 5.95 Å². The van der Waals surface area contributed by atoms with E-state index in [9.17, 15) is 0 Å². The molecule has 0 saturated carbocycles. The number of anilines is 1. The Morgan fingerprint density at radius 2 is 2.21 bits per heavy atom. The van der Waals surface area contributed by atoms with Gasteiger partial charge in [-0.3, -0.25) is 0 Å². The zero-order valence-corrected chi connectivity index (χ0v) is 11.2. The number of rotatable bonds is 6. The van der Waals surface area contributed by atoms with Crippen LogP contribution in [-0.4, -0.2) is 42.9 Å². The average Bonchev–Trinajstić information content (AvgIpc) is 2.92. The second-order valence-electron chi connectivity index (χ2n) is 4.05. The monoisotopic (exact) mass is 263 g/mol. The van der Waals surface area contributed by atoms with Gasteiger partial charge in [0.25, 0.3) is 5.95 Å². The van der Waals surface area contributed by atoms with Gasteiger partial charge in [0.15, 0.2) is 0 Å². The molecule has 8 heteroatoms. The minimum Gasteiger partial charge on any atom is -0.460 e. The van der Waals surface area contributed by atoms with Gasteiger partial charge in [-0.1, -0.05) is 13.3 Å². The van der Waals surface area contributed by atoms with E-state index in [1.165, 1.54) is 17.3 Å². The van der Waals surface area contributed by atoms with E-state index < -0.39 is 0 Å². The van der Waals surface area contributed by atoms with E-state index in [0.717, 1.165) is 12.8 Å². The third-order valence-corrected chi connectivity index (χ3v) is 2.45. The first-order chi connectivity index (χ1) is 9.22. The Bertz CT molecular complexity index is 514. The van der Waals surface area contributed by atoms with Crippen LogP contribution in [-0.2, 0) is 0 Å². The fourth-order valence-electron chi connectivity index (χ4n) is 1.57. The van der Waals surface area contributed by atoms with Crippen molar-refractivity contribution in [2.75, 3.05) is 12.4 Å². The molecule has 0 saturated heterocycles. The molecule has 1 atom stereocenters. The number of hydrogen-bond acceptors (Lipinski definition) is 7. The molecule has 0 aliphatic heterocycles. The van der Waals surface area contributed by atoms with E-state index in [1.54, 1.807) is 7.05 Å². The van der Waals surface area contributed by atoms with E-state index in [2.05, 4.69) is 37.3 Å². The van der Waals surface area contributed by atoms with Gasteiger partial charge in [0.05, 0.1) is 6.10 Å². The van der Waals surface area contributed by atoms with Crippen LogP contribution in [0, 0.1) is 0 Å². The van der Waals surface area contributed by atoms with Crippen molar-refractivity contribution in [3.8, 4) is 12.0 Å². The van der Waals surface area contributed by atoms with Crippen LogP contribution in [0.25, 0.3) is 5.95 Å². The summed E-state index contributed by atoms with van der Waals surface area (Å²) < 4.78 is 7.13. The van der Waals surface area contributed by atoms with Crippen LogP contribution in [0.1, 0.15) is 26.7 Å². The summed E-state index contributed by atoms with van der Waals surface area (Å²) >= 11 is 0. The van der Waals surface area contributed by atoms with E-state index >= 15 is 0 Å². The van der Waals surface area contributed by atoms with E-state index in [0.29, 0.717) is 11.9 Å².